The second-order valence-electron chi connectivity index (χ2n) is 5.97. The van der Waals surface area contributed by atoms with Gasteiger partial charge >= 0.3 is 5.97 Å². The molecule has 0 fully saturated rings. The molecule has 5 heteroatoms. The van der Waals surface area contributed by atoms with E-state index in [-0.39, 0.29) is 12.2 Å². The highest BCUT2D eigenvalue weighted by atomic mass is 19.1. The summed E-state index contributed by atoms with van der Waals surface area (Å²) in [7, 11) is 0. The molecule has 128 valence electrons. The summed E-state index contributed by atoms with van der Waals surface area (Å²) in [5, 5.41) is 0.804. The van der Waals surface area contributed by atoms with Crippen LogP contribution in [0.3, 0.4) is 0 Å². The molecule has 0 bridgehead atoms. The van der Waals surface area contributed by atoms with E-state index in [1.807, 2.05) is 31.2 Å². The maximum absolute atomic E-state index is 13.2. The number of nitrogens with one attached hydrogen (secondary N) is 1. The molecule has 3 aromatic rings. The lowest BCUT2D eigenvalue weighted by molar-refractivity contribution is -0.145. The van der Waals surface area contributed by atoms with Gasteiger partial charge in [-0.15, -0.1) is 0 Å². The molecule has 1 heterocycles. The fourth-order valence-electron chi connectivity index (χ4n) is 2.90. The summed E-state index contributed by atoms with van der Waals surface area (Å²) in [4.78, 5) is 27.9. The lowest BCUT2D eigenvalue weighted by Gasteiger charge is -2.12. The Kier molecular flexibility index (Phi) is 4.65. The van der Waals surface area contributed by atoms with Crippen LogP contribution < -0.4 is 0 Å². The fourth-order valence-corrected chi connectivity index (χ4v) is 2.90. The van der Waals surface area contributed by atoms with Crippen LogP contribution in [-0.2, 0) is 16.0 Å². The minimum atomic E-state index is -0.918. The Hall–Kier alpha value is -2.95. The van der Waals surface area contributed by atoms with Crippen LogP contribution >= 0.6 is 0 Å². The van der Waals surface area contributed by atoms with Gasteiger partial charge in [0.15, 0.2) is 6.10 Å². The number of fused-ring (bicyclic) bond motifs is 1. The van der Waals surface area contributed by atoms with Crippen molar-refractivity contribution in [2.75, 3.05) is 0 Å². The van der Waals surface area contributed by atoms with Gasteiger partial charge in [0, 0.05) is 22.2 Å². The number of aryl methyl sites for hydroxylation is 1. The van der Waals surface area contributed by atoms with Crippen molar-refractivity contribution < 1.29 is 18.7 Å². The number of para-hydroxylation sites is 1. The fraction of sp³-hybridized carbons (Fsp3) is 0.200. The number of halogens is 1. The van der Waals surface area contributed by atoms with Crippen molar-refractivity contribution in [1.82, 2.24) is 4.98 Å². The number of aromatic nitrogens is 1. The summed E-state index contributed by atoms with van der Waals surface area (Å²) in [5.41, 5.74) is 2.63. The van der Waals surface area contributed by atoms with Crippen LogP contribution in [-0.4, -0.2) is 22.8 Å². The first kappa shape index (κ1) is 16.9. The molecule has 0 unspecified atom stereocenters. The van der Waals surface area contributed by atoms with E-state index in [1.165, 1.54) is 18.2 Å². The van der Waals surface area contributed by atoms with Gasteiger partial charge < -0.3 is 9.72 Å². The molecular weight excluding hydrogens is 321 g/mol. The summed E-state index contributed by atoms with van der Waals surface area (Å²) >= 11 is 0. The molecule has 0 aliphatic carbocycles. The second-order valence-corrected chi connectivity index (χ2v) is 5.97. The van der Waals surface area contributed by atoms with E-state index >= 15 is 0 Å². The van der Waals surface area contributed by atoms with Crippen LogP contribution in [0.25, 0.3) is 10.9 Å². The van der Waals surface area contributed by atoms with E-state index in [1.54, 1.807) is 13.0 Å². The third-order valence-corrected chi connectivity index (χ3v) is 4.05. The van der Waals surface area contributed by atoms with Crippen LogP contribution in [0.1, 0.15) is 28.5 Å². The zero-order valence-corrected chi connectivity index (χ0v) is 14.0. The van der Waals surface area contributed by atoms with Gasteiger partial charge in [-0.25, -0.2) is 4.39 Å². The normalized spacial score (nSPS) is 12.1. The predicted molar refractivity (Wildman–Crippen MR) is 93.0 cm³/mol. The van der Waals surface area contributed by atoms with Gasteiger partial charge in [0.05, 0.1) is 6.42 Å². The Bertz CT molecular complexity index is 945. The maximum atomic E-state index is 13.2. The third kappa shape index (κ3) is 3.60. The molecule has 0 spiro atoms. The van der Waals surface area contributed by atoms with E-state index in [4.69, 9.17) is 4.74 Å². The Morgan fingerprint density at radius 1 is 1.16 bits per heavy atom. The van der Waals surface area contributed by atoms with Crippen LogP contribution in [0.2, 0.25) is 0 Å². The Morgan fingerprint density at radius 3 is 2.68 bits per heavy atom. The van der Waals surface area contributed by atoms with Crippen molar-refractivity contribution in [3.8, 4) is 0 Å². The van der Waals surface area contributed by atoms with Crippen molar-refractivity contribution in [1.29, 1.82) is 0 Å². The first-order chi connectivity index (χ1) is 12.0. The van der Waals surface area contributed by atoms with Crippen molar-refractivity contribution in [3.63, 3.8) is 0 Å². The number of ketones is 1. The molecule has 0 saturated heterocycles. The number of hydrogen-bond donors (Lipinski definition) is 1. The lowest BCUT2D eigenvalue weighted by atomic mass is 10.0. The zero-order chi connectivity index (χ0) is 18.0. The molecular formula is C20H18FNO3. The molecule has 1 N–H and O–H groups in total. The average Bonchev–Trinajstić information content (AvgIpc) is 2.89. The maximum Gasteiger partial charge on any atom is 0.310 e. The number of H-pyrrole nitrogens is 1. The first-order valence-electron chi connectivity index (χ1n) is 8.01. The molecule has 25 heavy (non-hydrogen) atoms. The number of carbonyl (C=O) groups excluding carboxylic acids is 2. The highest BCUT2D eigenvalue weighted by molar-refractivity contribution is 6.11. The molecule has 4 nitrogen and oxygen atoms in total. The highest BCUT2D eigenvalue weighted by Crippen LogP contribution is 2.24. The van der Waals surface area contributed by atoms with Gasteiger partial charge in [0.2, 0.25) is 5.78 Å². The number of benzene rings is 2. The Morgan fingerprint density at radius 2 is 1.92 bits per heavy atom. The third-order valence-electron chi connectivity index (χ3n) is 4.05. The Balaban J connectivity index is 1.74. The van der Waals surface area contributed by atoms with E-state index in [2.05, 4.69) is 4.98 Å². The summed E-state index contributed by atoms with van der Waals surface area (Å²) in [6.45, 7) is 3.36. The number of esters is 1. The van der Waals surface area contributed by atoms with Crippen LogP contribution in [0.4, 0.5) is 4.39 Å². The molecule has 1 aromatic heterocycles. The molecule has 0 saturated carbocycles. The van der Waals surface area contributed by atoms with E-state index in [0.717, 1.165) is 16.6 Å². The van der Waals surface area contributed by atoms with E-state index in [9.17, 15) is 14.0 Å². The van der Waals surface area contributed by atoms with Crippen LogP contribution in [0.15, 0.2) is 48.5 Å². The Labute approximate surface area is 144 Å². The molecule has 1 atom stereocenters. The van der Waals surface area contributed by atoms with Crippen molar-refractivity contribution in [3.05, 3.63) is 71.2 Å². The predicted octanol–water partition coefficient (Wildman–Crippen LogP) is 3.97. The first-order valence-corrected chi connectivity index (χ1v) is 8.01. The average molecular weight is 339 g/mol. The quantitative estimate of drug-likeness (QED) is 0.565. The molecule has 0 amide bonds. The molecule has 0 aliphatic heterocycles. The van der Waals surface area contributed by atoms with Crippen LogP contribution in [0.5, 0.6) is 0 Å². The number of carbonyl (C=O) groups is 2. The molecule has 0 aliphatic rings. The number of aromatic amines is 1. The minimum absolute atomic E-state index is 0.0811. The van der Waals surface area contributed by atoms with Crippen LogP contribution in [0, 0.1) is 12.7 Å². The number of ether oxygens (including phenoxy) is 1. The largest absolute Gasteiger partial charge is 0.454 e. The summed E-state index contributed by atoms with van der Waals surface area (Å²) in [6, 6.07) is 13.2. The highest BCUT2D eigenvalue weighted by Gasteiger charge is 2.24. The van der Waals surface area contributed by atoms with Crippen molar-refractivity contribution >= 4 is 22.7 Å². The van der Waals surface area contributed by atoms with Gasteiger partial charge in [-0.2, -0.15) is 0 Å². The minimum Gasteiger partial charge on any atom is -0.454 e. The van der Waals surface area contributed by atoms with Gasteiger partial charge in [-0.3, -0.25) is 9.59 Å². The van der Waals surface area contributed by atoms with Gasteiger partial charge in [-0.05, 0) is 37.6 Å². The smallest absolute Gasteiger partial charge is 0.310 e. The standard InChI is InChI=1S/C20H18FNO3/c1-12-19(16-8-3-4-9-17(16)22-12)20(24)13(2)25-18(23)11-14-6-5-7-15(21)10-14/h3-10,13,22H,11H2,1-2H3/t13-/m0/s1. The number of hydrogen-bond acceptors (Lipinski definition) is 3. The molecule has 2 aromatic carbocycles. The molecule has 3 rings (SSSR count). The van der Waals surface area contributed by atoms with Gasteiger partial charge in [-0.1, -0.05) is 30.3 Å². The summed E-state index contributed by atoms with van der Waals surface area (Å²) in [6.07, 6.45) is -0.999. The number of rotatable bonds is 5. The summed E-state index contributed by atoms with van der Waals surface area (Å²) in [5.74, 6) is -1.24. The molecule has 0 radical (unpaired) electrons. The number of Topliss-reactive ketones (excluding diaryl/α,β-unsaturated/α-hetero) is 1. The van der Waals surface area contributed by atoms with Gasteiger partial charge in [0.1, 0.15) is 5.82 Å². The van der Waals surface area contributed by atoms with Gasteiger partial charge in [0.25, 0.3) is 0 Å². The topological polar surface area (TPSA) is 59.2 Å². The second kappa shape index (κ2) is 6.89. The van der Waals surface area contributed by atoms with E-state index in [0.29, 0.717) is 11.1 Å². The lowest BCUT2D eigenvalue weighted by Crippen LogP contribution is -2.25. The van der Waals surface area contributed by atoms with E-state index < -0.39 is 17.9 Å². The SMILES string of the molecule is Cc1[nH]c2ccccc2c1C(=O)[C@H](C)OC(=O)Cc1cccc(F)c1. The summed E-state index contributed by atoms with van der Waals surface area (Å²) < 4.78 is 18.4. The van der Waals surface area contributed by atoms with Crippen molar-refractivity contribution in [2.45, 2.75) is 26.4 Å². The van der Waals surface area contributed by atoms with Crippen molar-refractivity contribution in [2.24, 2.45) is 0 Å². The monoisotopic (exact) mass is 339 g/mol. The zero-order valence-electron chi connectivity index (χ0n) is 14.0.